The molecule has 22 N–H and O–H groups in total. The standard InChI is InChI=1S/C6H8O7.C4H7NO4.C4H8O5.C4H6O5.C2H5NO2.C2H4O2.8Ca.ClH.H3O4P.16H/c7-3(8)1-6(13,5(11)12)2-4(9)10;5-2(4(8)9)1-3(6)7;5-1-2(6)3(7)4(8)9;5-2(4(8)9)1-3(6)7;3-1-2(4)5;1-2(3)4;;;;;;;;;;1-5(2,3)4;;;;;;;;;;;;;;;;/h13H,1-2H2,(H,7,8)(H,9,10)(H,11,12);2H,1,5H2,(H,6,7)(H,8,9);2-3,5-7H,1H2,(H,8,9);2,5H,1H2,(H,6,7)(H,8,9);1,3H2,(H,4,5);1H3,(H,3,4);;;;;;;;;1H;(H3,1,2,3,4);;;;;;;;;;;;;;;;. The van der Waals surface area contributed by atoms with Crippen LogP contribution in [0.1, 0.15) is 32.6 Å². The predicted octanol–water partition coefficient (Wildman–Crippen LogP) is -14.4. The number of carboxylic acid groups (broad SMARTS) is 10. The molecule has 0 aromatic heterocycles. The third-order valence-electron chi connectivity index (χ3n) is 3.63. The maximum atomic E-state index is 10.3. The molecule has 0 radical (unpaired) electrons. The number of aliphatic carboxylic acids is 10. The Bertz CT molecular complexity index is 1230. The summed E-state index contributed by atoms with van der Waals surface area (Å²) in [6, 6.07) is -1.29. The molecule has 4 atom stereocenters. The second kappa shape index (κ2) is 69.0. The molecule has 41 heteroatoms. The van der Waals surface area contributed by atoms with E-state index in [9.17, 15) is 43.2 Å². The van der Waals surface area contributed by atoms with Crippen molar-refractivity contribution in [2.24, 2.45) is 11.5 Å². The van der Waals surface area contributed by atoms with Gasteiger partial charge in [0.15, 0.2) is 17.8 Å². The van der Waals surface area contributed by atoms with Crippen LogP contribution in [0.4, 0.5) is 0 Å². The number of carbonyl (C=O) groups is 10. The normalized spacial score (nSPS) is 10.1. The Morgan fingerprint density at radius 1 is 0.556 bits per heavy atom. The van der Waals surface area contributed by atoms with Crippen LogP contribution in [-0.2, 0) is 52.5 Å². The summed E-state index contributed by atoms with van der Waals surface area (Å²) in [4.78, 5) is 119. The molecule has 0 bridgehead atoms. The van der Waals surface area contributed by atoms with Gasteiger partial charge in [0.1, 0.15) is 12.1 Å². The van der Waals surface area contributed by atoms with Crippen LogP contribution >= 0.6 is 20.2 Å². The first-order valence-electron chi connectivity index (χ1n) is 12.8. The van der Waals surface area contributed by atoms with Gasteiger partial charge in [0, 0.05) is 6.92 Å². The van der Waals surface area contributed by atoms with Gasteiger partial charge in [-0.1, -0.05) is 0 Å². The summed E-state index contributed by atoms with van der Waals surface area (Å²) < 4.78 is 8.88. The molecular formula is C22H58Ca8ClN2O29P. The number of carboxylic acids is 10. The Balaban J connectivity index is -0.0000000293. The zero-order valence-electron chi connectivity index (χ0n) is 27.6. The van der Waals surface area contributed by atoms with Gasteiger partial charge in [0.05, 0.1) is 38.8 Å². The van der Waals surface area contributed by atoms with Gasteiger partial charge in [-0.05, 0) is 0 Å². The van der Waals surface area contributed by atoms with Crippen LogP contribution in [0, 0.1) is 0 Å². The molecule has 0 aliphatic carbocycles. The van der Waals surface area contributed by atoms with E-state index in [0.717, 1.165) is 6.92 Å². The third-order valence-corrected chi connectivity index (χ3v) is 3.63. The van der Waals surface area contributed by atoms with Gasteiger partial charge in [-0.15, -0.1) is 12.4 Å². The molecule has 63 heavy (non-hydrogen) atoms. The van der Waals surface area contributed by atoms with Crippen LogP contribution in [0.2, 0.25) is 0 Å². The summed E-state index contributed by atoms with van der Waals surface area (Å²) in [6.07, 6.45) is -8.85. The van der Waals surface area contributed by atoms with Gasteiger partial charge >= 0.3 is 363 Å². The van der Waals surface area contributed by atoms with Crippen molar-refractivity contribution in [2.75, 3.05) is 13.2 Å². The second-order valence-corrected chi connectivity index (χ2v) is 9.66. The minimum atomic E-state index is -4.64. The second-order valence-electron chi connectivity index (χ2n) is 8.64. The van der Waals surface area contributed by atoms with E-state index in [4.69, 9.17) is 106 Å². The summed E-state index contributed by atoms with van der Waals surface area (Å²) in [5, 5.41) is 122. The van der Waals surface area contributed by atoms with E-state index in [2.05, 4.69) is 5.73 Å². The molecule has 0 amide bonds. The van der Waals surface area contributed by atoms with E-state index < -0.39 is 130 Å². The Morgan fingerprint density at radius 2 is 0.810 bits per heavy atom. The van der Waals surface area contributed by atoms with Gasteiger partial charge in [0.25, 0.3) is 5.97 Å². The number of hydrogen-bond acceptors (Lipinski definition) is 18. The van der Waals surface area contributed by atoms with Gasteiger partial charge in [-0.25, -0.2) is 18.9 Å². The number of rotatable bonds is 15. The molecule has 0 aliphatic heterocycles. The van der Waals surface area contributed by atoms with E-state index in [1.807, 2.05) is 0 Å². The van der Waals surface area contributed by atoms with Crippen molar-refractivity contribution in [3.05, 3.63) is 0 Å². The van der Waals surface area contributed by atoms with Crippen molar-refractivity contribution in [3.63, 3.8) is 0 Å². The summed E-state index contributed by atoms with van der Waals surface area (Å²) >= 11 is 0. The fourth-order valence-corrected chi connectivity index (χ4v) is 1.51. The first kappa shape index (κ1) is 113. The summed E-state index contributed by atoms with van der Waals surface area (Å²) in [7, 11) is -4.64. The number of phosphoric acid groups is 1. The van der Waals surface area contributed by atoms with Crippen molar-refractivity contribution in [2.45, 2.75) is 62.6 Å². The van der Waals surface area contributed by atoms with Gasteiger partial charge < -0.3 is 103 Å². The quantitative estimate of drug-likeness (QED) is 0.0535. The molecule has 0 aromatic rings. The predicted molar refractivity (Wildman–Crippen MR) is 237 cm³/mol. The van der Waals surface area contributed by atoms with Crippen molar-refractivity contribution in [1.82, 2.24) is 0 Å². The molecule has 358 valence electrons. The number of aliphatic hydroxyl groups is 5. The Hall–Kier alpha value is 4.90. The van der Waals surface area contributed by atoms with Crippen LogP contribution < -0.4 is 11.5 Å². The van der Waals surface area contributed by atoms with Crippen molar-refractivity contribution < 1.29 is 144 Å². The third kappa shape index (κ3) is 118. The Morgan fingerprint density at radius 3 is 0.889 bits per heavy atom. The monoisotopic (exact) mass is 1200 g/mol. The molecule has 0 saturated heterocycles. The molecule has 0 fully saturated rings. The number of hydrogen-bond donors (Lipinski definition) is 20. The molecule has 0 spiro atoms. The van der Waals surface area contributed by atoms with Crippen LogP contribution in [-0.4, -0.2) is 496 Å². The molecule has 0 rings (SSSR count). The fraction of sp³-hybridized carbons (Fsp3) is 0.545. The molecule has 31 nitrogen and oxygen atoms in total. The zero-order chi connectivity index (χ0) is 45.3. The van der Waals surface area contributed by atoms with E-state index in [1.165, 1.54) is 0 Å². The average Bonchev–Trinajstić information content (AvgIpc) is 2.94. The molecule has 0 aromatic carbocycles. The molecule has 0 saturated carbocycles. The maximum absolute atomic E-state index is 10.3. The number of nitrogens with two attached hydrogens (primary N) is 2. The Kier molecular flexibility index (Phi) is 124. The molecular weight excluding hydrogens is 1140 g/mol. The summed E-state index contributed by atoms with van der Waals surface area (Å²) in [5.41, 5.74) is 6.67. The SMILES string of the molecule is CC(=O)O.Cl.NC(CC(=O)O)C(=O)O.NCC(=O)O.O=C(O)C(O)C(O)CO.O=C(O)CC(O)(CC(=O)O)C(=O)O.O=C(O)CC(O)C(=O)O.O=P(O)(O)O.[CaH2].[CaH2].[CaH2].[CaH2].[CaH2].[CaH2].[CaH2].[CaH2]. The minimum absolute atomic E-state index is 0. The van der Waals surface area contributed by atoms with Crippen LogP contribution in [0.5, 0.6) is 0 Å². The fourth-order valence-electron chi connectivity index (χ4n) is 1.51. The van der Waals surface area contributed by atoms with Crippen molar-refractivity contribution >= 4 is 382 Å². The summed E-state index contributed by atoms with van der Waals surface area (Å²) in [5.74, 6) is -13.7. The van der Waals surface area contributed by atoms with Crippen molar-refractivity contribution in [1.29, 1.82) is 0 Å². The van der Waals surface area contributed by atoms with Crippen LogP contribution in [0.15, 0.2) is 0 Å². The molecule has 0 heterocycles. The number of aliphatic hydroxyl groups excluding tert-OH is 4. The summed E-state index contributed by atoms with van der Waals surface area (Å²) in [6.45, 7) is 0.0491. The van der Waals surface area contributed by atoms with Crippen molar-refractivity contribution in [3.8, 4) is 0 Å². The zero-order valence-corrected chi connectivity index (χ0v) is 29.3. The first-order chi connectivity index (χ1) is 23.9. The average molecular weight is 1200 g/mol. The topological polar surface area (TPSA) is 604 Å². The molecule has 4 unspecified atom stereocenters. The van der Waals surface area contributed by atoms with Gasteiger partial charge in [0.2, 0.25) is 0 Å². The van der Waals surface area contributed by atoms with Crippen LogP contribution in [0.3, 0.4) is 0 Å². The van der Waals surface area contributed by atoms with E-state index >= 15 is 0 Å². The van der Waals surface area contributed by atoms with Gasteiger partial charge in [-0.2, -0.15) is 0 Å². The Labute approximate surface area is 600 Å². The van der Waals surface area contributed by atoms with E-state index in [-0.39, 0.29) is 321 Å². The van der Waals surface area contributed by atoms with E-state index in [1.54, 1.807) is 0 Å². The van der Waals surface area contributed by atoms with Gasteiger partial charge in [-0.3, -0.25) is 33.6 Å². The molecule has 0 aliphatic rings. The first-order valence-corrected chi connectivity index (χ1v) is 14.3. The number of halogens is 1. The van der Waals surface area contributed by atoms with E-state index in [0.29, 0.717) is 0 Å². The van der Waals surface area contributed by atoms with Crippen LogP contribution in [0.25, 0.3) is 0 Å².